The molecule has 0 spiro atoms. The van der Waals surface area contributed by atoms with Gasteiger partial charge in [0.1, 0.15) is 4.88 Å². The summed E-state index contributed by atoms with van der Waals surface area (Å²) in [6.07, 6.45) is 2.10. The van der Waals surface area contributed by atoms with Crippen LogP contribution in [0.1, 0.15) is 29.4 Å². The van der Waals surface area contributed by atoms with Gasteiger partial charge < -0.3 is 15.8 Å². The molecule has 0 bridgehead atoms. The molecule has 1 aliphatic heterocycles. The second-order valence-electron chi connectivity index (χ2n) is 5.69. The van der Waals surface area contributed by atoms with Gasteiger partial charge in [0.05, 0.1) is 19.3 Å². The first-order chi connectivity index (χ1) is 10.5. The molecular formula is C15H23N3O3S. The van der Waals surface area contributed by atoms with Crippen LogP contribution in [0.4, 0.5) is 5.69 Å². The molecule has 0 radical (unpaired) electrons. The Morgan fingerprint density at radius 1 is 1.55 bits per heavy atom. The normalized spacial score (nSPS) is 22.3. The lowest BCUT2D eigenvalue weighted by Crippen LogP contribution is -2.49. The molecule has 1 aliphatic rings. The zero-order chi connectivity index (χ0) is 16.1. The minimum atomic E-state index is -0.433. The number of hydrogen-bond donors (Lipinski definition) is 2. The molecule has 7 heteroatoms. The van der Waals surface area contributed by atoms with Gasteiger partial charge in [-0.3, -0.25) is 9.69 Å². The fourth-order valence-electron chi connectivity index (χ4n) is 2.79. The lowest BCUT2D eigenvalue weighted by molar-refractivity contribution is -0.118. The average molecular weight is 325 g/mol. The average Bonchev–Trinajstić information content (AvgIpc) is 2.96. The van der Waals surface area contributed by atoms with E-state index in [1.54, 1.807) is 11.4 Å². The molecule has 1 aromatic rings. The Bertz CT molecular complexity index is 532. The number of carbonyl (C=O) groups excluding carboxylic acids is 2. The Kier molecular flexibility index (Phi) is 5.93. The number of anilines is 1. The van der Waals surface area contributed by atoms with Crippen LogP contribution < -0.4 is 11.1 Å². The Morgan fingerprint density at radius 2 is 2.32 bits per heavy atom. The van der Waals surface area contributed by atoms with Gasteiger partial charge in [-0.1, -0.05) is 6.92 Å². The number of thiophene rings is 1. The predicted octanol–water partition coefficient (Wildman–Crippen LogP) is 1.53. The topological polar surface area (TPSA) is 84.7 Å². The monoisotopic (exact) mass is 325 g/mol. The molecule has 3 N–H and O–H groups in total. The highest BCUT2D eigenvalue weighted by Crippen LogP contribution is 2.24. The summed E-state index contributed by atoms with van der Waals surface area (Å²) in [7, 11) is 1.33. The van der Waals surface area contributed by atoms with Gasteiger partial charge in [-0.2, -0.15) is 0 Å². The van der Waals surface area contributed by atoms with E-state index in [1.807, 2.05) is 0 Å². The van der Waals surface area contributed by atoms with Gasteiger partial charge in [0, 0.05) is 12.6 Å². The zero-order valence-electron chi connectivity index (χ0n) is 13.0. The first-order valence-corrected chi connectivity index (χ1v) is 8.32. The van der Waals surface area contributed by atoms with Gasteiger partial charge in [0.2, 0.25) is 5.91 Å². The van der Waals surface area contributed by atoms with Gasteiger partial charge in [0.25, 0.3) is 0 Å². The Labute approximate surface area is 134 Å². The number of esters is 1. The number of amides is 1. The number of hydrogen-bond acceptors (Lipinski definition) is 6. The number of likely N-dealkylation sites (tertiary alicyclic amines) is 1. The SMILES string of the molecule is COC(=O)c1sccc1NC(=O)CN1CCC(C)CC1CN. The van der Waals surface area contributed by atoms with Crippen molar-refractivity contribution in [3.63, 3.8) is 0 Å². The Hall–Kier alpha value is -1.44. The summed E-state index contributed by atoms with van der Waals surface area (Å²) in [5, 5.41) is 4.55. The summed E-state index contributed by atoms with van der Waals surface area (Å²) in [5.41, 5.74) is 6.33. The molecule has 0 aromatic carbocycles. The fourth-order valence-corrected chi connectivity index (χ4v) is 3.55. The molecule has 2 atom stereocenters. The molecule has 0 aliphatic carbocycles. The minimum absolute atomic E-state index is 0.128. The van der Waals surface area contributed by atoms with Crippen LogP contribution in [-0.2, 0) is 9.53 Å². The van der Waals surface area contributed by atoms with E-state index >= 15 is 0 Å². The molecule has 1 aromatic heterocycles. The summed E-state index contributed by atoms with van der Waals surface area (Å²) in [4.78, 5) is 26.4. The molecule has 2 unspecified atom stereocenters. The van der Waals surface area contributed by atoms with Crippen molar-refractivity contribution in [1.29, 1.82) is 0 Å². The van der Waals surface area contributed by atoms with Crippen molar-refractivity contribution in [1.82, 2.24) is 4.90 Å². The van der Waals surface area contributed by atoms with Crippen LogP contribution in [0.2, 0.25) is 0 Å². The summed E-state index contributed by atoms with van der Waals surface area (Å²) >= 11 is 1.25. The first kappa shape index (κ1) is 16.9. The van der Waals surface area contributed by atoms with Gasteiger partial charge >= 0.3 is 5.97 Å². The summed E-state index contributed by atoms with van der Waals surface area (Å²) in [5.74, 6) is 0.0872. The van der Waals surface area contributed by atoms with Crippen molar-refractivity contribution < 1.29 is 14.3 Å². The zero-order valence-corrected chi connectivity index (χ0v) is 13.8. The predicted molar refractivity (Wildman–Crippen MR) is 87.1 cm³/mol. The second kappa shape index (κ2) is 7.71. The molecule has 2 heterocycles. The maximum absolute atomic E-state index is 12.2. The molecule has 6 nitrogen and oxygen atoms in total. The fraction of sp³-hybridized carbons (Fsp3) is 0.600. The van der Waals surface area contributed by atoms with E-state index in [-0.39, 0.29) is 11.9 Å². The van der Waals surface area contributed by atoms with E-state index in [9.17, 15) is 9.59 Å². The molecule has 0 saturated carbocycles. The molecule has 1 amide bonds. The van der Waals surface area contributed by atoms with Gasteiger partial charge in [-0.15, -0.1) is 11.3 Å². The van der Waals surface area contributed by atoms with Crippen molar-refractivity contribution in [3.05, 3.63) is 16.3 Å². The van der Waals surface area contributed by atoms with Gasteiger partial charge in [-0.25, -0.2) is 4.79 Å². The highest BCUT2D eigenvalue weighted by molar-refractivity contribution is 7.12. The third kappa shape index (κ3) is 4.06. The maximum Gasteiger partial charge on any atom is 0.350 e. The van der Waals surface area contributed by atoms with Gasteiger partial charge in [0.15, 0.2) is 0 Å². The van der Waals surface area contributed by atoms with Crippen LogP contribution in [0, 0.1) is 5.92 Å². The lowest BCUT2D eigenvalue weighted by atomic mass is 9.92. The largest absolute Gasteiger partial charge is 0.465 e. The Morgan fingerprint density at radius 3 is 3.00 bits per heavy atom. The molecule has 2 rings (SSSR count). The van der Waals surface area contributed by atoms with Crippen LogP contribution in [0.25, 0.3) is 0 Å². The standard InChI is InChI=1S/C15H23N3O3S/c1-10-3-5-18(11(7-10)8-16)9-13(19)17-12-4-6-22-14(12)15(20)21-2/h4,6,10-11H,3,5,7-9,16H2,1-2H3,(H,17,19). The number of piperidine rings is 1. The van der Waals surface area contributed by atoms with Gasteiger partial charge in [-0.05, 0) is 36.8 Å². The van der Waals surface area contributed by atoms with Crippen LogP contribution in [0.3, 0.4) is 0 Å². The van der Waals surface area contributed by atoms with E-state index < -0.39 is 5.97 Å². The van der Waals surface area contributed by atoms with Crippen molar-refractivity contribution in [3.8, 4) is 0 Å². The summed E-state index contributed by atoms with van der Waals surface area (Å²) in [6, 6.07) is 1.96. The first-order valence-electron chi connectivity index (χ1n) is 7.45. The summed E-state index contributed by atoms with van der Waals surface area (Å²) < 4.78 is 4.71. The number of ether oxygens (including phenoxy) is 1. The van der Waals surface area contributed by atoms with Crippen LogP contribution >= 0.6 is 11.3 Å². The quantitative estimate of drug-likeness (QED) is 0.802. The minimum Gasteiger partial charge on any atom is -0.465 e. The van der Waals surface area contributed by atoms with Crippen molar-refractivity contribution in [2.45, 2.75) is 25.8 Å². The second-order valence-corrected chi connectivity index (χ2v) is 6.61. The van der Waals surface area contributed by atoms with E-state index in [1.165, 1.54) is 18.4 Å². The maximum atomic E-state index is 12.2. The lowest BCUT2D eigenvalue weighted by Gasteiger charge is -2.37. The molecule has 1 fully saturated rings. The van der Waals surface area contributed by atoms with E-state index in [4.69, 9.17) is 10.5 Å². The highest BCUT2D eigenvalue weighted by atomic mass is 32.1. The number of rotatable bonds is 5. The Balaban J connectivity index is 1.95. The van der Waals surface area contributed by atoms with Crippen LogP contribution in [0.15, 0.2) is 11.4 Å². The van der Waals surface area contributed by atoms with E-state index in [0.717, 1.165) is 19.4 Å². The van der Waals surface area contributed by atoms with E-state index in [2.05, 4.69) is 17.1 Å². The number of carbonyl (C=O) groups is 2. The van der Waals surface area contributed by atoms with Crippen molar-refractivity contribution >= 4 is 28.9 Å². The highest BCUT2D eigenvalue weighted by Gasteiger charge is 2.27. The molecule has 1 saturated heterocycles. The third-order valence-corrected chi connectivity index (χ3v) is 4.92. The van der Waals surface area contributed by atoms with Crippen molar-refractivity contribution in [2.24, 2.45) is 11.7 Å². The summed E-state index contributed by atoms with van der Waals surface area (Å²) in [6.45, 7) is 3.95. The van der Waals surface area contributed by atoms with Crippen LogP contribution in [-0.4, -0.2) is 49.6 Å². The number of methoxy groups -OCH3 is 1. The third-order valence-electron chi connectivity index (χ3n) is 4.03. The van der Waals surface area contributed by atoms with Crippen LogP contribution in [0.5, 0.6) is 0 Å². The number of nitrogens with one attached hydrogen (secondary N) is 1. The molecular weight excluding hydrogens is 302 g/mol. The van der Waals surface area contributed by atoms with Crippen molar-refractivity contribution in [2.75, 3.05) is 32.1 Å². The molecule has 122 valence electrons. The van der Waals surface area contributed by atoms with E-state index in [0.29, 0.717) is 29.6 Å². The molecule has 22 heavy (non-hydrogen) atoms. The smallest absolute Gasteiger partial charge is 0.350 e. The number of nitrogens with two attached hydrogens (primary N) is 1. The number of nitrogens with zero attached hydrogens (tertiary/aromatic N) is 1.